The molecule has 0 aliphatic carbocycles. The Bertz CT molecular complexity index is 1180. The first-order valence-electron chi connectivity index (χ1n) is 10.9. The maximum atomic E-state index is 13.3. The summed E-state index contributed by atoms with van der Waals surface area (Å²) in [6, 6.07) is 1.60. The number of aldehydes is 1. The molecule has 2 aliphatic rings. The van der Waals surface area contributed by atoms with Gasteiger partial charge in [0.05, 0.1) is 23.9 Å². The van der Waals surface area contributed by atoms with Crippen LogP contribution in [0, 0.1) is 0 Å². The Morgan fingerprint density at radius 2 is 1.83 bits per heavy atom. The van der Waals surface area contributed by atoms with Gasteiger partial charge >= 0.3 is 12.0 Å². The van der Waals surface area contributed by atoms with Gasteiger partial charge in [-0.3, -0.25) is 24.6 Å². The Balaban J connectivity index is 1.80. The van der Waals surface area contributed by atoms with Crippen LogP contribution in [0.3, 0.4) is 0 Å². The predicted molar refractivity (Wildman–Crippen MR) is 121 cm³/mol. The molecule has 1 aromatic carbocycles. The van der Waals surface area contributed by atoms with Gasteiger partial charge in [-0.15, -0.1) is 0 Å². The molecule has 2 heterocycles. The Morgan fingerprint density at radius 3 is 2.42 bits per heavy atom. The number of nitrogens with one attached hydrogen (secondary N) is 2. The third-order valence-corrected chi connectivity index (χ3v) is 6.77. The third kappa shape index (κ3) is 5.97. The molecule has 14 nitrogen and oxygen atoms in total. The number of fused-ring (bicyclic) bond motifs is 1. The van der Waals surface area contributed by atoms with E-state index >= 15 is 0 Å². The molecule has 0 radical (unpaired) electrons. The lowest BCUT2D eigenvalue weighted by Crippen LogP contribution is -2.64. The van der Waals surface area contributed by atoms with Gasteiger partial charge in [0.2, 0.25) is 11.8 Å². The molecule has 2 fully saturated rings. The fraction of sp³-hybridized carbons (Fsp3) is 0.429. The lowest BCUT2D eigenvalue weighted by Gasteiger charge is -2.42. The molecule has 15 heteroatoms. The number of hydrazine groups is 2. The van der Waals surface area contributed by atoms with E-state index in [9.17, 15) is 37.2 Å². The number of nitrogens with zero attached hydrogens (tertiary/aromatic N) is 3. The highest BCUT2D eigenvalue weighted by Crippen LogP contribution is 2.24. The van der Waals surface area contributed by atoms with E-state index < -0.39 is 58.1 Å². The van der Waals surface area contributed by atoms with E-state index in [-0.39, 0.29) is 42.7 Å². The molecule has 0 spiro atoms. The van der Waals surface area contributed by atoms with Gasteiger partial charge < -0.3 is 15.2 Å². The average molecular weight is 524 g/mol. The maximum absolute atomic E-state index is 13.3. The summed E-state index contributed by atoms with van der Waals surface area (Å²) in [6.07, 6.45) is 0.985. The number of aliphatic carboxylic acids is 1. The molecule has 2 saturated heterocycles. The van der Waals surface area contributed by atoms with Crippen molar-refractivity contribution in [3.05, 3.63) is 29.8 Å². The minimum Gasteiger partial charge on any atom is -0.481 e. The van der Waals surface area contributed by atoms with Crippen molar-refractivity contribution in [2.24, 2.45) is 0 Å². The number of benzene rings is 1. The van der Waals surface area contributed by atoms with Gasteiger partial charge in [-0.05, 0) is 37.1 Å². The molecule has 3 N–H and O–H groups in total. The summed E-state index contributed by atoms with van der Waals surface area (Å²) in [5.74, 6) is -3.33. The summed E-state index contributed by atoms with van der Waals surface area (Å²) in [5.41, 5.74) is 2.44. The molecule has 2 aliphatic heterocycles. The molecular formula is C21H25N5O9S. The van der Waals surface area contributed by atoms with Gasteiger partial charge in [-0.2, -0.15) is 0 Å². The van der Waals surface area contributed by atoms with Crippen LogP contribution in [0.5, 0.6) is 0 Å². The standard InChI is InChI=1S/C21H25N5O9S/c1-36(34,35)15-6-4-13(5-7-15)19(31)23-24-10-8-17(28)25-9-2-3-16(26(25)21(24)33)20(32)22-14(12-27)11-18(29)30/h4-7,12,14,16H,2-3,8-11H2,1H3,(H,22,32)(H,23,31)(H,29,30)/t14-,16-/m0/s1. The zero-order valence-electron chi connectivity index (χ0n) is 19.2. The molecule has 36 heavy (non-hydrogen) atoms. The highest BCUT2D eigenvalue weighted by molar-refractivity contribution is 7.90. The first-order valence-corrected chi connectivity index (χ1v) is 12.8. The van der Waals surface area contributed by atoms with Crippen LogP contribution in [0.25, 0.3) is 0 Å². The molecule has 2 atom stereocenters. The number of carboxylic acids is 1. The summed E-state index contributed by atoms with van der Waals surface area (Å²) in [5, 5.41) is 14.1. The quantitative estimate of drug-likeness (QED) is 0.356. The van der Waals surface area contributed by atoms with Crippen molar-refractivity contribution in [3.8, 4) is 0 Å². The molecule has 5 amide bonds. The molecule has 0 unspecified atom stereocenters. The number of rotatable bonds is 8. The number of carboxylic acid groups (broad SMARTS) is 1. The number of carbonyl (C=O) groups excluding carboxylic acids is 5. The van der Waals surface area contributed by atoms with Crippen molar-refractivity contribution < 1.29 is 42.3 Å². The van der Waals surface area contributed by atoms with E-state index in [0.29, 0.717) is 6.42 Å². The van der Waals surface area contributed by atoms with Crippen LogP contribution in [0.15, 0.2) is 29.2 Å². The summed E-state index contributed by atoms with van der Waals surface area (Å²) >= 11 is 0. The van der Waals surface area contributed by atoms with Crippen LogP contribution in [-0.4, -0.2) is 96.0 Å². The van der Waals surface area contributed by atoms with Crippen LogP contribution >= 0.6 is 0 Å². The van der Waals surface area contributed by atoms with Crippen LogP contribution in [-0.2, 0) is 29.0 Å². The van der Waals surface area contributed by atoms with Crippen LogP contribution in [0.4, 0.5) is 4.79 Å². The Hall–Kier alpha value is -4.01. The third-order valence-electron chi connectivity index (χ3n) is 5.64. The number of carbonyl (C=O) groups is 6. The number of hydrogen-bond donors (Lipinski definition) is 3. The highest BCUT2D eigenvalue weighted by atomic mass is 32.2. The lowest BCUT2D eigenvalue weighted by atomic mass is 10.1. The number of sulfone groups is 1. The van der Waals surface area contributed by atoms with Crippen molar-refractivity contribution in [3.63, 3.8) is 0 Å². The van der Waals surface area contributed by atoms with Gasteiger partial charge in [0.1, 0.15) is 12.3 Å². The Kier molecular flexibility index (Phi) is 7.92. The number of amides is 5. The van der Waals surface area contributed by atoms with E-state index in [1.807, 2.05) is 0 Å². The van der Waals surface area contributed by atoms with E-state index in [4.69, 9.17) is 5.11 Å². The summed E-state index contributed by atoms with van der Waals surface area (Å²) in [4.78, 5) is 73.8. The second-order valence-electron chi connectivity index (χ2n) is 8.29. The molecule has 3 rings (SSSR count). The smallest absolute Gasteiger partial charge is 0.358 e. The zero-order valence-corrected chi connectivity index (χ0v) is 20.1. The molecule has 0 aromatic heterocycles. The summed E-state index contributed by atoms with van der Waals surface area (Å²) in [6.45, 7) is -0.0442. The monoisotopic (exact) mass is 523 g/mol. The van der Waals surface area contributed by atoms with Crippen molar-refractivity contribution >= 4 is 45.8 Å². The van der Waals surface area contributed by atoms with E-state index in [2.05, 4.69) is 10.7 Å². The predicted octanol–water partition coefficient (Wildman–Crippen LogP) is -1.07. The second-order valence-corrected chi connectivity index (χ2v) is 10.3. The second kappa shape index (κ2) is 10.7. The highest BCUT2D eigenvalue weighted by Gasteiger charge is 2.44. The Morgan fingerprint density at radius 1 is 1.17 bits per heavy atom. The van der Waals surface area contributed by atoms with E-state index in [1.165, 1.54) is 24.3 Å². The van der Waals surface area contributed by atoms with Crippen LogP contribution in [0.1, 0.15) is 36.0 Å². The van der Waals surface area contributed by atoms with Gasteiger partial charge in [0, 0.05) is 24.8 Å². The zero-order chi connectivity index (χ0) is 26.6. The van der Waals surface area contributed by atoms with E-state index in [1.54, 1.807) is 0 Å². The number of urea groups is 1. The van der Waals surface area contributed by atoms with Gasteiger partial charge in [-0.25, -0.2) is 28.2 Å². The van der Waals surface area contributed by atoms with Gasteiger partial charge in [0.15, 0.2) is 9.84 Å². The topological polar surface area (TPSA) is 191 Å². The van der Waals surface area contributed by atoms with Crippen molar-refractivity contribution in [1.82, 2.24) is 25.8 Å². The average Bonchev–Trinajstić information content (AvgIpc) is 2.94. The molecular weight excluding hydrogens is 498 g/mol. The minimum atomic E-state index is -3.48. The molecule has 194 valence electrons. The van der Waals surface area contributed by atoms with Crippen LogP contribution < -0.4 is 10.7 Å². The lowest BCUT2D eigenvalue weighted by molar-refractivity contribution is -0.155. The van der Waals surface area contributed by atoms with Gasteiger partial charge in [-0.1, -0.05) is 0 Å². The maximum Gasteiger partial charge on any atom is 0.358 e. The molecule has 0 saturated carbocycles. The first-order chi connectivity index (χ1) is 16.9. The van der Waals surface area contributed by atoms with Crippen molar-refractivity contribution in [1.29, 1.82) is 0 Å². The van der Waals surface area contributed by atoms with E-state index in [0.717, 1.165) is 21.3 Å². The first kappa shape index (κ1) is 26.6. The fourth-order valence-electron chi connectivity index (χ4n) is 3.86. The molecule has 1 aromatic rings. The SMILES string of the molecule is CS(=O)(=O)c1ccc(C(=O)NN2CCC(=O)N3CCC[C@@H](C(=O)N[C@H](C=O)CC(=O)O)N3C2=O)cc1. The molecule has 0 bridgehead atoms. The van der Waals surface area contributed by atoms with Crippen molar-refractivity contribution in [2.75, 3.05) is 19.3 Å². The summed E-state index contributed by atoms with van der Waals surface area (Å²) in [7, 11) is -3.48. The van der Waals surface area contributed by atoms with Gasteiger partial charge in [0.25, 0.3) is 5.91 Å². The minimum absolute atomic E-state index is 0.00448. The van der Waals surface area contributed by atoms with Crippen LogP contribution in [0.2, 0.25) is 0 Å². The van der Waals surface area contributed by atoms with Crippen molar-refractivity contribution in [2.45, 2.75) is 42.7 Å². The fourth-order valence-corrected chi connectivity index (χ4v) is 4.49. The largest absolute Gasteiger partial charge is 0.481 e. The number of hydrogen-bond acceptors (Lipinski definition) is 8. The normalized spacial score (nSPS) is 19.1. The Labute approximate surface area is 206 Å². The summed E-state index contributed by atoms with van der Waals surface area (Å²) < 4.78 is 23.2.